The Morgan fingerprint density at radius 2 is 2.05 bits per heavy atom. The summed E-state index contributed by atoms with van der Waals surface area (Å²) in [7, 11) is 1.86. The summed E-state index contributed by atoms with van der Waals surface area (Å²) in [5.41, 5.74) is 1.54. The van der Waals surface area contributed by atoms with Crippen LogP contribution in [0.15, 0.2) is 29.1 Å². The van der Waals surface area contributed by atoms with Crippen LogP contribution in [0.1, 0.15) is 12.8 Å². The highest BCUT2D eigenvalue weighted by Gasteiger charge is 2.06. The van der Waals surface area contributed by atoms with Crippen molar-refractivity contribution < 1.29 is 4.79 Å². The molecule has 0 aliphatic carbocycles. The minimum Gasteiger partial charge on any atom is -0.354 e. The highest BCUT2D eigenvalue weighted by Crippen LogP contribution is 2.08. The molecule has 0 spiro atoms. The molecule has 21 heavy (non-hydrogen) atoms. The highest BCUT2D eigenvalue weighted by molar-refractivity contribution is 5.85. The molecule has 3 N–H and O–H groups in total. The lowest BCUT2D eigenvalue weighted by molar-refractivity contribution is -0.121. The molecule has 0 aliphatic rings. The van der Waals surface area contributed by atoms with Gasteiger partial charge in [0.1, 0.15) is 0 Å². The van der Waals surface area contributed by atoms with Gasteiger partial charge in [-0.2, -0.15) is 0 Å². The number of amides is 1. The molecule has 0 saturated carbocycles. The summed E-state index contributed by atoms with van der Waals surface area (Å²) in [6.07, 6.45) is 1.32. The molecule has 1 heterocycles. The lowest BCUT2D eigenvalue weighted by Crippen LogP contribution is -2.30. The number of carbonyl (C=O) groups is 1. The van der Waals surface area contributed by atoms with Crippen LogP contribution in [0.4, 0.5) is 0 Å². The summed E-state index contributed by atoms with van der Waals surface area (Å²) in [5.74, 6) is 0.0214. The predicted octanol–water partition coefficient (Wildman–Crippen LogP) is 0.867. The normalized spacial score (nSPS) is 10.3. The fraction of sp³-hybridized carbons (Fsp3) is 0.429. The molecule has 116 valence electrons. The third-order valence-electron chi connectivity index (χ3n) is 3.17. The van der Waals surface area contributed by atoms with E-state index >= 15 is 0 Å². The van der Waals surface area contributed by atoms with Gasteiger partial charge in [-0.25, -0.2) is 4.79 Å². The number of H-pyrrole nitrogens is 1. The molecule has 0 aliphatic heterocycles. The number of carbonyl (C=O) groups excluding carboxylic acids is 1. The Morgan fingerprint density at radius 3 is 2.81 bits per heavy atom. The first-order valence-electron chi connectivity index (χ1n) is 6.81. The molecular formula is C14H21ClN4O2. The number of fused-ring (bicyclic) bond motifs is 1. The van der Waals surface area contributed by atoms with Crippen molar-refractivity contribution in [3.05, 3.63) is 34.7 Å². The lowest BCUT2D eigenvalue weighted by Gasteiger charge is -2.06. The maximum atomic E-state index is 11.8. The zero-order chi connectivity index (χ0) is 14.4. The first kappa shape index (κ1) is 17.3. The minimum atomic E-state index is -0.143. The average Bonchev–Trinajstić information content (AvgIpc) is 2.75. The molecule has 0 unspecified atom stereocenters. The van der Waals surface area contributed by atoms with Crippen molar-refractivity contribution in [3.8, 4) is 0 Å². The molecule has 2 aromatic rings. The summed E-state index contributed by atoms with van der Waals surface area (Å²) in [6.45, 7) is 1.76. The predicted molar refractivity (Wildman–Crippen MR) is 86.0 cm³/mol. The van der Waals surface area contributed by atoms with Gasteiger partial charge in [-0.1, -0.05) is 12.1 Å². The molecule has 6 nitrogen and oxygen atoms in total. The summed E-state index contributed by atoms with van der Waals surface area (Å²) in [5, 5.41) is 5.83. The summed E-state index contributed by atoms with van der Waals surface area (Å²) < 4.78 is 1.64. The topological polar surface area (TPSA) is 78.9 Å². The molecular weight excluding hydrogens is 292 g/mol. The SMILES string of the molecule is CNCCCC(=O)NCCn1c(=O)[nH]c2ccccc21.Cl. The Morgan fingerprint density at radius 1 is 1.29 bits per heavy atom. The molecule has 0 saturated heterocycles. The van der Waals surface area contributed by atoms with E-state index in [1.54, 1.807) is 4.57 Å². The molecule has 2 rings (SSSR count). The number of aromatic nitrogens is 2. The maximum Gasteiger partial charge on any atom is 0.326 e. The molecule has 0 atom stereocenters. The average molecular weight is 313 g/mol. The van der Waals surface area contributed by atoms with E-state index in [1.165, 1.54) is 0 Å². The van der Waals surface area contributed by atoms with E-state index in [-0.39, 0.29) is 24.0 Å². The van der Waals surface area contributed by atoms with Crippen molar-refractivity contribution in [2.24, 2.45) is 0 Å². The summed E-state index contributed by atoms with van der Waals surface area (Å²) >= 11 is 0. The summed E-state index contributed by atoms with van der Waals surface area (Å²) in [4.78, 5) is 26.2. The molecule has 0 radical (unpaired) electrons. The number of nitrogens with zero attached hydrogens (tertiary/aromatic N) is 1. The third kappa shape index (κ3) is 4.61. The van der Waals surface area contributed by atoms with Crippen LogP contribution in [0.25, 0.3) is 11.0 Å². The molecule has 0 bridgehead atoms. The van der Waals surface area contributed by atoms with E-state index in [4.69, 9.17) is 0 Å². The van der Waals surface area contributed by atoms with Gasteiger partial charge in [0.05, 0.1) is 11.0 Å². The van der Waals surface area contributed by atoms with Crippen molar-refractivity contribution in [2.45, 2.75) is 19.4 Å². The Labute approximate surface area is 129 Å². The Bertz CT molecular complexity index is 635. The molecule has 1 amide bonds. The zero-order valence-corrected chi connectivity index (χ0v) is 12.8. The second-order valence-corrected chi connectivity index (χ2v) is 4.66. The standard InChI is InChI=1S/C14H20N4O2.ClH/c1-15-8-4-7-13(19)16-9-10-18-12-6-3-2-5-11(12)17-14(18)20;/h2-3,5-6,15H,4,7-10H2,1H3,(H,16,19)(H,17,20);1H. The van der Waals surface area contributed by atoms with Gasteiger partial charge in [0.2, 0.25) is 5.91 Å². The number of hydrogen-bond donors (Lipinski definition) is 3. The van der Waals surface area contributed by atoms with E-state index in [2.05, 4.69) is 15.6 Å². The van der Waals surface area contributed by atoms with Crippen molar-refractivity contribution in [1.82, 2.24) is 20.2 Å². The lowest BCUT2D eigenvalue weighted by atomic mass is 10.3. The molecule has 1 aromatic heterocycles. The van der Waals surface area contributed by atoms with Crippen LogP contribution in [-0.4, -0.2) is 35.6 Å². The quantitative estimate of drug-likeness (QED) is 0.664. The van der Waals surface area contributed by atoms with Crippen LogP contribution >= 0.6 is 12.4 Å². The number of rotatable bonds is 7. The number of aromatic amines is 1. The largest absolute Gasteiger partial charge is 0.354 e. The second-order valence-electron chi connectivity index (χ2n) is 4.66. The molecule has 0 fully saturated rings. The van der Waals surface area contributed by atoms with Crippen molar-refractivity contribution in [3.63, 3.8) is 0 Å². The van der Waals surface area contributed by atoms with E-state index in [0.717, 1.165) is 24.0 Å². The molecule has 1 aromatic carbocycles. The maximum absolute atomic E-state index is 11.8. The number of halogens is 1. The Hall–Kier alpha value is -1.79. The number of benzene rings is 1. The van der Waals surface area contributed by atoms with Crippen LogP contribution < -0.4 is 16.3 Å². The van der Waals surface area contributed by atoms with E-state index in [0.29, 0.717) is 19.5 Å². The van der Waals surface area contributed by atoms with Crippen LogP contribution in [0.5, 0.6) is 0 Å². The number of para-hydroxylation sites is 2. The van der Waals surface area contributed by atoms with Gasteiger partial charge in [-0.05, 0) is 32.1 Å². The van der Waals surface area contributed by atoms with E-state index in [1.807, 2.05) is 31.3 Å². The van der Waals surface area contributed by atoms with Crippen LogP contribution in [0, 0.1) is 0 Å². The van der Waals surface area contributed by atoms with Gasteiger partial charge in [0.25, 0.3) is 0 Å². The smallest absolute Gasteiger partial charge is 0.326 e. The zero-order valence-electron chi connectivity index (χ0n) is 12.0. The van der Waals surface area contributed by atoms with E-state index in [9.17, 15) is 9.59 Å². The monoisotopic (exact) mass is 312 g/mol. The van der Waals surface area contributed by atoms with Crippen LogP contribution in [0.3, 0.4) is 0 Å². The number of nitrogens with one attached hydrogen (secondary N) is 3. The number of imidazole rings is 1. The highest BCUT2D eigenvalue weighted by atomic mass is 35.5. The van der Waals surface area contributed by atoms with Crippen LogP contribution in [0.2, 0.25) is 0 Å². The molecule has 7 heteroatoms. The van der Waals surface area contributed by atoms with Gasteiger partial charge in [0, 0.05) is 19.5 Å². The minimum absolute atomic E-state index is 0. The first-order valence-corrected chi connectivity index (χ1v) is 6.81. The van der Waals surface area contributed by atoms with Crippen LogP contribution in [-0.2, 0) is 11.3 Å². The number of hydrogen-bond acceptors (Lipinski definition) is 3. The van der Waals surface area contributed by atoms with E-state index < -0.39 is 0 Å². The Kier molecular flexibility index (Phi) is 6.98. The van der Waals surface area contributed by atoms with Gasteiger partial charge in [-0.3, -0.25) is 9.36 Å². The van der Waals surface area contributed by atoms with Crippen molar-refractivity contribution in [2.75, 3.05) is 20.1 Å². The van der Waals surface area contributed by atoms with Crippen molar-refractivity contribution >= 4 is 29.3 Å². The fourth-order valence-corrected chi connectivity index (χ4v) is 2.15. The van der Waals surface area contributed by atoms with Gasteiger partial charge in [-0.15, -0.1) is 12.4 Å². The summed E-state index contributed by atoms with van der Waals surface area (Å²) in [6, 6.07) is 7.53. The third-order valence-corrected chi connectivity index (χ3v) is 3.17. The van der Waals surface area contributed by atoms with Gasteiger partial charge >= 0.3 is 5.69 Å². The van der Waals surface area contributed by atoms with Gasteiger partial charge in [0.15, 0.2) is 0 Å². The first-order chi connectivity index (χ1) is 9.72. The fourth-order valence-electron chi connectivity index (χ4n) is 2.15. The van der Waals surface area contributed by atoms with Crippen molar-refractivity contribution in [1.29, 1.82) is 0 Å². The second kappa shape index (κ2) is 8.49. The Balaban J connectivity index is 0.00000220. The van der Waals surface area contributed by atoms with Gasteiger partial charge < -0.3 is 15.6 Å².